The summed E-state index contributed by atoms with van der Waals surface area (Å²) in [6, 6.07) is 0.0680. The van der Waals surface area contributed by atoms with E-state index in [1.165, 1.54) is 6.39 Å². The third-order valence-corrected chi connectivity index (χ3v) is 4.13. The normalized spacial score (nSPS) is 35.1. The van der Waals surface area contributed by atoms with Crippen LogP contribution in [-0.4, -0.2) is 29.1 Å². The zero-order valence-electron chi connectivity index (χ0n) is 11.9. The summed E-state index contributed by atoms with van der Waals surface area (Å²) >= 11 is 0. The summed E-state index contributed by atoms with van der Waals surface area (Å²) in [5, 5.41) is 2.99. The van der Waals surface area contributed by atoms with E-state index in [0.717, 1.165) is 12.2 Å². The summed E-state index contributed by atoms with van der Waals surface area (Å²) in [5.41, 5.74) is 0. The number of carbonyl (C=O) groups excluding carboxylic acids is 1. The zero-order chi connectivity index (χ0) is 14.0. The fourth-order valence-corrected chi connectivity index (χ4v) is 2.84. The van der Waals surface area contributed by atoms with E-state index < -0.39 is 0 Å². The predicted octanol–water partition coefficient (Wildman–Crippen LogP) is 1.78. The molecule has 1 aliphatic rings. The Kier molecular flexibility index (Phi) is 4.24. The van der Waals surface area contributed by atoms with Crippen LogP contribution in [0.25, 0.3) is 0 Å². The highest BCUT2D eigenvalue weighted by Gasteiger charge is 2.39. The molecule has 1 aliphatic heterocycles. The van der Waals surface area contributed by atoms with Crippen LogP contribution >= 0.6 is 0 Å². The molecule has 106 valence electrons. The Bertz CT molecular complexity index is 418. The molecule has 2 heterocycles. The molecule has 1 aromatic heterocycles. The molecule has 5 heteroatoms. The first-order valence-electron chi connectivity index (χ1n) is 6.79. The van der Waals surface area contributed by atoms with Crippen molar-refractivity contribution < 1.29 is 13.9 Å². The topological polar surface area (TPSA) is 64.4 Å². The maximum Gasteiger partial charge on any atom is 0.217 e. The lowest BCUT2D eigenvalue weighted by molar-refractivity contribution is -0.133. The smallest absolute Gasteiger partial charge is 0.217 e. The van der Waals surface area contributed by atoms with Crippen LogP contribution in [-0.2, 0) is 16.0 Å². The van der Waals surface area contributed by atoms with Gasteiger partial charge in [-0.25, -0.2) is 4.98 Å². The Hall–Kier alpha value is -1.36. The van der Waals surface area contributed by atoms with Gasteiger partial charge < -0.3 is 14.5 Å². The van der Waals surface area contributed by atoms with E-state index >= 15 is 0 Å². The van der Waals surface area contributed by atoms with Crippen molar-refractivity contribution in [1.29, 1.82) is 0 Å². The van der Waals surface area contributed by atoms with Gasteiger partial charge in [-0.05, 0) is 18.8 Å². The summed E-state index contributed by atoms with van der Waals surface area (Å²) in [7, 11) is 0. The van der Waals surface area contributed by atoms with Crippen molar-refractivity contribution in [2.45, 2.75) is 52.4 Å². The summed E-state index contributed by atoms with van der Waals surface area (Å²) < 4.78 is 11.3. The van der Waals surface area contributed by atoms with Crippen molar-refractivity contribution in [2.24, 2.45) is 11.8 Å². The Morgan fingerprint density at radius 3 is 2.68 bits per heavy atom. The largest absolute Gasteiger partial charge is 0.448 e. The first kappa shape index (κ1) is 14.1. The van der Waals surface area contributed by atoms with E-state index in [1.54, 1.807) is 13.1 Å². The highest BCUT2D eigenvalue weighted by atomic mass is 16.5. The van der Waals surface area contributed by atoms with Crippen LogP contribution < -0.4 is 5.32 Å². The van der Waals surface area contributed by atoms with Gasteiger partial charge in [-0.2, -0.15) is 0 Å². The maximum absolute atomic E-state index is 11.3. The second kappa shape index (κ2) is 5.74. The molecule has 0 aliphatic carbocycles. The first-order valence-corrected chi connectivity index (χ1v) is 6.79. The maximum atomic E-state index is 11.3. The van der Waals surface area contributed by atoms with Crippen LogP contribution in [0.5, 0.6) is 0 Å². The van der Waals surface area contributed by atoms with Crippen molar-refractivity contribution in [1.82, 2.24) is 10.3 Å². The number of rotatable bonds is 3. The molecule has 1 fully saturated rings. The zero-order valence-corrected chi connectivity index (χ0v) is 11.9. The van der Waals surface area contributed by atoms with Crippen molar-refractivity contribution in [2.75, 3.05) is 0 Å². The lowest BCUT2D eigenvalue weighted by Gasteiger charge is -2.44. The molecule has 0 bridgehead atoms. The van der Waals surface area contributed by atoms with E-state index in [2.05, 4.69) is 24.1 Å². The number of hydrogen-bond donors (Lipinski definition) is 1. The predicted molar refractivity (Wildman–Crippen MR) is 70.5 cm³/mol. The van der Waals surface area contributed by atoms with Crippen LogP contribution in [0.2, 0.25) is 0 Å². The molecule has 5 unspecified atom stereocenters. The standard InChI is InChI=1S/C14H22N2O3/c1-8-9(2)14(16-11(4)17)10(3)19-13(8)5-12-6-15-7-18-12/h6-10,13-14H,5H2,1-4H3,(H,16,17). The third kappa shape index (κ3) is 3.15. The third-order valence-electron chi connectivity index (χ3n) is 4.13. The number of amides is 1. The van der Waals surface area contributed by atoms with Crippen molar-refractivity contribution in [3.05, 3.63) is 18.4 Å². The fourth-order valence-electron chi connectivity index (χ4n) is 2.84. The minimum Gasteiger partial charge on any atom is -0.448 e. The second-order valence-corrected chi connectivity index (χ2v) is 5.50. The van der Waals surface area contributed by atoms with Gasteiger partial charge in [0.05, 0.1) is 24.4 Å². The molecule has 0 radical (unpaired) electrons. The quantitative estimate of drug-likeness (QED) is 0.905. The monoisotopic (exact) mass is 266 g/mol. The Labute approximate surface area is 113 Å². The molecule has 0 spiro atoms. The number of nitrogens with zero attached hydrogens (tertiary/aromatic N) is 1. The second-order valence-electron chi connectivity index (χ2n) is 5.50. The van der Waals surface area contributed by atoms with Crippen LogP contribution in [0.3, 0.4) is 0 Å². The van der Waals surface area contributed by atoms with Crippen LogP contribution in [0.4, 0.5) is 0 Å². The van der Waals surface area contributed by atoms with Crippen LogP contribution in [0.1, 0.15) is 33.5 Å². The van der Waals surface area contributed by atoms with E-state index in [4.69, 9.17) is 9.15 Å². The van der Waals surface area contributed by atoms with Gasteiger partial charge in [0.25, 0.3) is 0 Å². The van der Waals surface area contributed by atoms with E-state index in [9.17, 15) is 4.79 Å². The van der Waals surface area contributed by atoms with E-state index in [-0.39, 0.29) is 24.2 Å². The highest BCUT2D eigenvalue weighted by Crippen LogP contribution is 2.32. The molecule has 1 N–H and O–H groups in total. The number of ether oxygens (including phenoxy) is 1. The summed E-state index contributed by atoms with van der Waals surface area (Å²) in [4.78, 5) is 15.2. The average molecular weight is 266 g/mol. The molecule has 5 atom stereocenters. The number of carbonyl (C=O) groups is 1. The number of oxazole rings is 1. The Morgan fingerprint density at radius 2 is 2.11 bits per heavy atom. The molecule has 2 rings (SSSR count). The first-order chi connectivity index (χ1) is 8.99. The minimum absolute atomic E-state index is 0.00280. The number of nitrogens with one attached hydrogen (secondary N) is 1. The molecular weight excluding hydrogens is 244 g/mol. The van der Waals surface area contributed by atoms with Crippen LogP contribution in [0, 0.1) is 11.8 Å². The summed E-state index contributed by atoms with van der Waals surface area (Å²) in [6.45, 7) is 7.88. The molecule has 1 aromatic rings. The molecule has 0 saturated carbocycles. The van der Waals surface area contributed by atoms with Gasteiger partial charge in [0.1, 0.15) is 5.76 Å². The number of aromatic nitrogens is 1. The van der Waals surface area contributed by atoms with Gasteiger partial charge in [0, 0.05) is 13.3 Å². The van der Waals surface area contributed by atoms with Gasteiger partial charge in [-0.1, -0.05) is 13.8 Å². The van der Waals surface area contributed by atoms with Gasteiger partial charge in [0.15, 0.2) is 6.39 Å². The lowest BCUT2D eigenvalue weighted by Crippen LogP contribution is -2.56. The summed E-state index contributed by atoms with van der Waals surface area (Å²) in [5.74, 6) is 1.54. The Balaban J connectivity index is 2.04. The Morgan fingerprint density at radius 1 is 1.37 bits per heavy atom. The van der Waals surface area contributed by atoms with Crippen molar-refractivity contribution >= 4 is 5.91 Å². The van der Waals surface area contributed by atoms with Crippen molar-refractivity contribution in [3.8, 4) is 0 Å². The fraction of sp³-hybridized carbons (Fsp3) is 0.714. The van der Waals surface area contributed by atoms with E-state index in [1.807, 2.05) is 6.92 Å². The molecule has 1 amide bonds. The molecule has 5 nitrogen and oxygen atoms in total. The SMILES string of the molecule is CC(=O)NC1C(C)OC(Cc2cnco2)C(C)C1C. The minimum atomic E-state index is -0.00631. The van der Waals surface area contributed by atoms with Crippen molar-refractivity contribution in [3.63, 3.8) is 0 Å². The number of hydrogen-bond acceptors (Lipinski definition) is 4. The molecule has 1 saturated heterocycles. The van der Waals surface area contributed by atoms with Gasteiger partial charge in [-0.3, -0.25) is 4.79 Å². The van der Waals surface area contributed by atoms with Gasteiger partial charge >= 0.3 is 0 Å². The van der Waals surface area contributed by atoms with Crippen LogP contribution in [0.15, 0.2) is 17.0 Å². The van der Waals surface area contributed by atoms with Gasteiger partial charge in [0.2, 0.25) is 5.91 Å². The van der Waals surface area contributed by atoms with E-state index in [0.29, 0.717) is 11.8 Å². The van der Waals surface area contributed by atoms with Gasteiger partial charge in [-0.15, -0.1) is 0 Å². The molecule has 0 aromatic carbocycles. The summed E-state index contributed by atoms with van der Waals surface area (Å²) in [6.07, 6.45) is 4.00. The average Bonchev–Trinajstić information content (AvgIpc) is 2.84. The lowest BCUT2D eigenvalue weighted by atomic mass is 9.79. The molecular formula is C14H22N2O3. The highest BCUT2D eigenvalue weighted by molar-refractivity contribution is 5.73. The molecule has 19 heavy (non-hydrogen) atoms.